The molecule has 2 heterocycles. The summed E-state index contributed by atoms with van der Waals surface area (Å²) in [5.41, 5.74) is 1.11. The maximum absolute atomic E-state index is 12.5. The number of nitrogens with one attached hydrogen (secondary N) is 1. The molecule has 1 aliphatic rings. The number of benzene rings is 1. The molecule has 5 nitrogen and oxygen atoms in total. The van der Waals surface area contributed by atoms with Gasteiger partial charge in [-0.05, 0) is 31.4 Å². The lowest BCUT2D eigenvalue weighted by Crippen LogP contribution is -2.48. The Morgan fingerprint density at radius 2 is 1.95 bits per heavy atom. The molecule has 2 aromatic rings. The summed E-state index contributed by atoms with van der Waals surface area (Å²) in [7, 11) is 0. The first-order chi connectivity index (χ1) is 10.5. The molecule has 116 valence electrons. The van der Waals surface area contributed by atoms with Crippen molar-refractivity contribution >= 4 is 16.8 Å². The number of morpholine rings is 1. The van der Waals surface area contributed by atoms with Gasteiger partial charge in [0.05, 0.1) is 18.6 Å². The number of aromatic nitrogens is 1. The Balaban J connectivity index is 1.82. The van der Waals surface area contributed by atoms with Crippen molar-refractivity contribution < 1.29 is 9.53 Å². The lowest BCUT2D eigenvalue weighted by Gasteiger charge is -2.35. The van der Waals surface area contributed by atoms with Crippen molar-refractivity contribution in [1.29, 1.82) is 0 Å². The highest BCUT2D eigenvalue weighted by molar-refractivity contribution is 5.82. The lowest BCUT2D eigenvalue weighted by molar-refractivity contribution is -0.142. The minimum absolute atomic E-state index is 0.0252. The fourth-order valence-corrected chi connectivity index (χ4v) is 2.98. The van der Waals surface area contributed by atoms with Crippen molar-refractivity contribution in [2.75, 3.05) is 13.1 Å². The number of aromatic amines is 1. The molecule has 1 amide bonds. The summed E-state index contributed by atoms with van der Waals surface area (Å²) < 4.78 is 5.64. The summed E-state index contributed by atoms with van der Waals surface area (Å²) in [5.74, 6) is -0.0252. The molecule has 0 saturated carbocycles. The number of H-pyrrole nitrogens is 1. The zero-order valence-corrected chi connectivity index (χ0v) is 12.8. The third-order valence-electron chi connectivity index (χ3n) is 3.94. The van der Waals surface area contributed by atoms with Crippen LogP contribution in [0.5, 0.6) is 0 Å². The van der Waals surface area contributed by atoms with Gasteiger partial charge in [-0.2, -0.15) is 0 Å². The Bertz CT molecular complexity index is 743. The highest BCUT2D eigenvalue weighted by Crippen LogP contribution is 2.14. The number of nitrogens with zero attached hydrogens (tertiary/aromatic N) is 1. The Kier molecular flexibility index (Phi) is 3.98. The summed E-state index contributed by atoms with van der Waals surface area (Å²) in [6, 6.07) is 9.38. The molecule has 1 aromatic heterocycles. The molecule has 3 rings (SSSR count). The number of carbonyl (C=O) groups is 1. The molecular formula is C17H20N2O3. The average molecular weight is 300 g/mol. The second kappa shape index (κ2) is 5.93. The topological polar surface area (TPSA) is 62.4 Å². The van der Waals surface area contributed by atoms with Crippen LogP contribution in [0.15, 0.2) is 35.1 Å². The van der Waals surface area contributed by atoms with Crippen molar-refractivity contribution in [3.05, 3.63) is 46.2 Å². The van der Waals surface area contributed by atoms with E-state index in [9.17, 15) is 9.59 Å². The second-order valence-electron chi connectivity index (χ2n) is 5.94. The number of pyridine rings is 1. The summed E-state index contributed by atoms with van der Waals surface area (Å²) in [5, 5.41) is 0.939. The Morgan fingerprint density at radius 1 is 1.27 bits per heavy atom. The van der Waals surface area contributed by atoms with Crippen LogP contribution in [0.4, 0.5) is 0 Å². The Morgan fingerprint density at radius 3 is 2.68 bits per heavy atom. The van der Waals surface area contributed by atoms with Gasteiger partial charge in [-0.15, -0.1) is 0 Å². The molecule has 0 aliphatic carbocycles. The monoisotopic (exact) mass is 300 g/mol. The van der Waals surface area contributed by atoms with Crippen LogP contribution in [0, 0.1) is 0 Å². The maximum atomic E-state index is 12.5. The van der Waals surface area contributed by atoms with Gasteiger partial charge in [-0.1, -0.05) is 18.2 Å². The Hall–Kier alpha value is -2.14. The normalized spacial score (nSPS) is 22.0. The number of para-hydroxylation sites is 1. The number of hydrogen-bond acceptors (Lipinski definition) is 3. The number of ether oxygens (including phenoxy) is 1. The predicted molar refractivity (Wildman–Crippen MR) is 84.9 cm³/mol. The smallest absolute Gasteiger partial charge is 0.252 e. The molecule has 0 radical (unpaired) electrons. The van der Waals surface area contributed by atoms with E-state index in [0.29, 0.717) is 18.7 Å². The van der Waals surface area contributed by atoms with E-state index in [-0.39, 0.29) is 30.1 Å². The van der Waals surface area contributed by atoms with Gasteiger partial charge in [-0.3, -0.25) is 9.59 Å². The summed E-state index contributed by atoms with van der Waals surface area (Å²) in [6.07, 6.45) is 0.185. The SMILES string of the molecule is C[C@H]1CN(C(=O)Cc2cc3ccccc3[nH]c2=O)C[C@H](C)O1. The van der Waals surface area contributed by atoms with Crippen molar-refractivity contribution in [1.82, 2.24) is 9.88 Å². The van der Waals surface area contributed by atoms with E-state index in [1.165, 1.54) is 0 Å². The molecule has 1 fully saturated rings. The molecule has 2 atom stereocenters. The number of carbonyl (C=O) groups excluding carboxylic acids is 1. The standard InChI is InChI=1S/C17H20N2O3/c1-11-9-19(10-12(2)22-11)16(20)8-14-7-13-5-3-4-6-15(13)18-17(14)21/h3-7,11-12H,8-10H2,1-2H3,(H,18,21)/t11-,12-/m0/s1. The molecule has 0 unspecified atom stereocenters. The third-order valence-corrected chi connectivity index (χ3v) is 3.94. The second-order valence-corrected chi connectivity index (χ2v) is 5.94. The fraction of sp³-hybridized carbons (Fsp3) is 0.412. The molecule has 1 aliphatic heterocycles. The van der Waals surface area contributed by atoms with E-state index in [1.807, 2.05) is 38.1 Å². The van der Waals surface area contributed by atoms with Crippen LogP contribution in [-0.4, -0.2) is 41.1 Å². The molecule has 0 bridgehead atoms. The molecule has 0 spiro atoms. The molecule has 1 N–H and O–H groups in total. The first kappa shape index (κ1) is 14.8. The molecule has 1 aromatic carbocycles. The van der Waals surface area contributed by atoms with Crippen LogP contribution in [-0.2, 0) is 16.0 Å². The molecule has 1 saturated heterocycles. The van der Waals surface area contributed by atoms with Crippen LogP contribution in [0.2, 0.25) is 0 Å². The summed E-state index contributed by atoms with van der Waals surface area (Å²) in [4.78, 5) is 29.2. The highest BCUT2D eigenvalue weighted by Gasteiger charge is 2.26. The number of fused-ring (bicyclic) bond motifs is 1. The predicted octanol–water partition coefficient (Wildman–Crippen LogP) is 1.71. The van der Waals surface area contributed by atoms with Crippen LogP contribution < -0.4 is 5.56 Å². The molecule has 22 heavy (non-hydrogen) atoms. The van der Waals surface area contributed by atoms with Crippen LogP contribution >= 0.6 is 0 Å². The minimum Gasteiger partial charge on any atom is -0.372 e. The third kappa shape index (κ3) is 3.04. The van der Waals surface area contributed by atoms with Gasteiger partial charge in [0.25, 0.3) is 5.56 Å². The highest BCUT2D eigenvalue weighted by atomic mass is 16.5. The van der Waals surface area contributed by atoms with Gasteiger partial charge in [0, 0.05) is 24.2 Å². The quantitative estimate of drug-likeness (QED) is 0.918. The van der Waals surface area contributed by atoms with Crippen LogP contribution in [0.3, 0.4) is 0 Å². The number of amides is 1. The first-order valence-electron chi connectivity index (χ1n) is 7.57. The summed E-state index contributed by atoms with van der Waals surface area (Å²) >= 11 is 0. The largest absolute Gasteiger partial charge is 0.372 e. The van der Waals surface area contributed by atoms with Gasteiger partial charge >= 0.3 is 0 Å². The Labute approximate surface area is 128 Å². The number of hydrogen-bond donors (Lipinski definition) is 1. The van der Waals surface area contributed by atoms with Gasteiger partial charge in [-0.25, -0.2) is 0 Å². The van der Waals surface area contributed by atoms with E-state index in [1.54, 1.807) is 11.0 Å². The zero-order chi connectivity index (χ0) is 15.7. The van der Waals surface area contributed by atoms with Crippen molar-refractivity contribution in [3.8, 4) is 0 Å². The maximum Gasteiger partial charge on any atom is 0.252 e. The molecule has 5 heteroatoms. The zero-order valence-electron chi connectivity index (χ0n) is 12.8. The number of rotatable bonds is 2. The van der Waals surface area contributed by atoms with E-state index in [2.05, 4.69) is 4.98 Å². The lowest BCUT2D eigenvalue weighted by atomic mass is 10.1. The fourth-order valence-electron chi connectivity index (χ4n) is 2.98. The van der Waals surface area contributed by atoms with Gasteiger partial charge in [0.1, 0.15) is 0 Å². The first-order valence-corrected chi connectivity index (χ1v) is 7.57. The van der Waals surface area contributed by atoms with E-state index >= 15 is 0 Å². The van der Waals surface area contributed by atoms with Crippen LogP contribution in [0.25, 0.3) is 10.9 Å². The van der Waals surface area contributed by atoms with Crippen molar-refractivity contribution in [3.63, 3.8) is 0 Å². The minimum atomic E-state index is -0.193. The average Bonchev–Trinajstić information content (AvgIpc) is 2.47. The van der Waals surface area contributed by atoms with Crippen molar-refractivity contribution in [2.45, 2.75) is 32.5 Å². The van der Waals surface area contributed by atoms with Gasteiger partial charge in [0.2, 0.25) is 5.91 Å². The summed E-state index contributed by atoms with van der Waals surface area (Å²) in [6.45, 7) is 5.07. The van der Waals surface area contributed by atoms with E-state index in [0.717, 1.165) is 10.9 Å². The van der Waals surface area contributed by atoms with Gasteiger partial charge in [0.15, 0.2) is 0 Å². The van der Waals surface area contributed by atoms with Crippen LogP contribution in [0.1, 0.15) is 19.4 Å². The van der Waals surface area contributed by atoms with Crippen molar-refractivity contribution in [2.24, 2.45) is 0 Å². The van der Waals surface area contributed by atoms with E-state index < -0.39 is 0 Å². The van der Waals surface area contributed by atoms with E-state index in [4.69, 9.17) is 4.74 Å². The molecular weight excluding hydrogens is 280 g/mol. The van der Waals surface area contributed by atoms with Gasteiger partial charge < -0.3 is 14.6 Å².